The summed E-state index contributed by atoms with van der Waals surface area (Å²) in [6, 6.07) is 30.5. The molecule has 10 nitrogen and oxygen atoms in total. The quantitative estimate of drug-likeness (QED) is 0.0579. The van der Waals surface area contributed by atoms with Crippen LogP contribution in [0.2, 0.25) is 0 Å². The average Bonchev–Trinajstić information content (AvgIpc) is 3.63. The molecule has 0 bridgehead atoms. The number of fused-ring (bicyclic) bond motifs is 1. The molecule has 3 aromatic carbocycles. The topological polar surface area (TPSA) is 151 Å². The summed E-state index contributed by atoms with van der Waals surface area (Å²) in [6.07, 6.45) is 6.62. The molecule has 0 aliphatic carbocycles. The van der Waals surface area contributed by atoms with E-state index >= 15 is 0 Å². The molecule has 1 fully saturated rings. The first-order valence-electron chi connectivity index (χ1n) is 20.1. The second kappa shape index (κ2) is 23.3. The number of carbonyl (C=O) groups is 2. The van der Waals surface area contributed by atoms with Crippen LogP contribution in [0.25, 0.3) is 11.0 Å². The van der Waals surface area contributed by atoms with Gasteiger partial charge in [0.25, 0.3) is 5.91 Å². The van der Waals surface area contributed by atoms with Crippen molar-refractivity contribution in [2.45, 2.75) is 95.4 Å². The van der Waals surface area contributed by atoms with Crippen molar-refractivity contribution in [1.29, 1.82) is 0 Å². The second-order valence-corrected chi connectivity index (χ2v) is 15.4. The van der Waals surface area contributed by atoms with Gasteiger partial charge in [0.15, 0.2) is 5.76 Å². The standard InChI is InChI=1S/C44H63N7O3.ClH/c1-32(2)25-38(48-30-39(27-34-15-7-4-8-16-34)47-29-36(46)26-33-13-5-3-6-14-33)31-49-40(18-11-12-22-45)44(53)51-23-20-37(21-24-51)50-43(52)42-28-35-17-9-10-19-41(35)54-42;/h3-10,13-17,19,28,32,36-40,47-49H,11-12,18,20-27,29-31,45-46H2,1-2H3,(H,50,52);1H/t36-,38-,39-,40-;/m1./s1. The second-order valence-electron chi connectivity index (χ2n) is 15.4. The minimum Gasteiger partial charge on any atom is -0.451 e. The van der Waals surface area contributed by atoms with Crippen molar-refractivity contribution in [3.63, 3.8) is 0 Å². The number of rotatable bonds is 22. The van der Waals surface area contributed by atoms with Crippen molar-refractivity contribution in [3.05, 3.63) is 108 Å². The number of nitrogens with zero attached hydrogens (tertiary/aromatic N) is 1. The Hall–Kier alpha value is -3.77. The number of furan rings is 1. The highest BCUT2D eigenvalue weighted by Crippen LogP contribution is 2.20. The number of hydrogen-bond donors (Lipinski definition) is 6. The molecule has 4 atom stereocenters. The first kappa shape index (κ1) is 44.0. The molecule has 4 aromatic rings. The number of nitrogens with one attached hydrogen (secondary N) is 4. The fourth-order valence-corrected chi connectivity index (χ4v) is 7.44. The molecule has 2 amide bonds. The zero-order chi connectivity index (χ0) is 38.1. The lowest BCUT2D eigenvalue weighted by Crippen LogP contribution is -2.54. The third-order valence-electron chi connectivity index (χ3n) is 10.4. The molecule has 1 aliphatic heterocycles. The lowest BCUT2D eigenvalue weighted by molar-refractivity contribution is -0.134. The molecule has 55 heavy (non-hydrogen) atoms. The van der Waals surface area contributed by atoms with Crippen LogP contribution in [-0.2, 0) is 17.6 Å². The molecule has 5 rings (SSSR count). The van der Waals surface area contributed by atoms with Gasteiger partial charge in [0, 0.05) is 62.3 Å². The molecule has 0 unspecified atom stereocenters. The number of unbranched alkanes of at least 4 members (excludes halogenated alkanes) is 1. The number of hydrogen-bond acceptors (Lipinski definition) is 8. The van der Waals surface area contributed by atoms with Gasteiger partial charge in [-0.15, -0.1) is 12.4 Å². The predicted octanol–water partition coefficient (Wildman–Crippen LogP) is 5.44. The Morgan fingerprint density at radius 3 is 2.07 bits per heavy atom. The van der Waals surface area contributed by atoms with E-state index in [1.165, 1.54) is 11.1 Å². The van der Waals surface area contributed by atoms with E-state index in [1.54, 1.807) is 6.07 Å². The fourth-order valence-electron chi connectivity index (χ4n) is 7.44. The van der Waals surface area contributed by atoms with Crippen molar-refractivity contribution < 1.29 is 14.0 Å². The SMILES string of the molecule is CC(C)C[C@H](CN[C@H](CCCCN)C(=O)N1CCC(NC(=O)c2cc3ccccc3o2)CC1)NC[C@@H](Cc1ccccc1)NC[C@H](N)Cc1ccccc1.Cl. The summed E-state index contributed by atoms with van der Waals surface area (Å²) in [5, 5.41) is 15.4. The van der Waals surface area contributed by atoms with Crippen molar-refractivity contribution in [1.82, 2.24) is 26.2 Å². The summed E-state index contributed by atoms with van der Waals surface area (Å²) < 4.78 is 5.77. The Kier molecular flexibility index (Phi) is 18.6. The molecule has 0 radical (unpaired) electrons. The normalized spacial score (nSPS) is 15.7. The van der Waals surface area contributed by atoms with E-state index in [1.807, 2.05) is 35.2 Å². The van der Waals surface area contributed by atoms with Crippen LogP contribution in [0.15, 0.2) is 95.4 Å². The Morgan fingerprint density at radius 1 is 0.800 bits per heavy atom. The number of para-hydroxylation sites is 1. The third-order valence-corrected chi connectivity index (χ3v) is 10.4. The first-order valence-corrected chi connectivity index (χ1v) is 20.1. The van der Waals surface area contributed by atoms with E-state index in [0.717, 1.165) is 57.0 Å². The third kappa shape index (κ3) is 14.7. The maximum atomic E-state index is 14.0. The molecular formula is C44H64ClN7O3. The van der Waals surface area contributed by atoms with Crippen molar-refractivity contribution in [2.75, 3.05) is 39.3 Å². The van der Waals surface area contributed by atoms with E-state index in [9.17, 15) is 9.59 Å². The van der Waals surface area contributed by atoms with Gasteiger partial charge >= 0.3 is 0 Å². The monoisotopic (exact) mass is 773 g/mol. The zero-order valence-corrected chi connectivity index (χ0v) is 33.6. The molecule has 1 aromatic heterocycles. The lowest BCUT2D eigenvalue weighted by atomic mass is 10.00. The van der Waals surface area contributed by atoms with Gasteiger partial charge in [-0.1, -0.05) is 99.1 Å². The molecule has 1 aliphatic rings. The lowest BCUT2D eigenvalue weighted by Gasteiger charge is -2.35. The van der Waals surface area contributed by atoms with E-state index in [2.05, 4.69) is 89.7 Å². The molecule has 2 heterocycles. The van der Waals surface area contributed by atoms with Crippen LogP contribution in [0.5, 0.6) is 0 Å². The van der Waals surface area contributed by atoms with E-state index in [4.69, 9.17) is 15.9 Å². The number of piperidine rings is 1. The Balaban J connectivity index is 0.00000673. The van der Waals surface area contributed by atoms with Gasteiger partial charge in [0.1, 0.15) is 5.58 Å². The van der Waals surface area contributed by atoms with Crippen LogP contribution in [0, 0.1) is 5.92 Å². The maximum absolute atomic E-state index is 14.0. The highest BCUT2D eigenvalue weighted by Gasteiger charge is 2.30. The van der Waals surface area contributed by atoms with Gasteiger partial charge in [0.2, 0.25) is 5.91 Å². The van der Waals surface area contributed by atoms with Gasteiger partial charge < -0.3 is 42.1 Å². The molecule has 0 saturated carbocycles. The number of nitrogens with two attached hydrogens (primary N) is 2. The highest BCUT2D eigenvalue weighted by molar-refractivity contribution is 5.96. The maximum Gasteiger partial charge on any atom is 0.287 e. The van der Waals surface area contributed by atoms with Crippen molar-refractivity contribution >= 4 is 35.2 Å². The van der Waals surface area contributed by atoms with Crippen LogP contribution in [-0.4, -0.2) is 86.2 Å². The Labute approximate surface area is 334 Å². The van der Waals surface area contributed by atoms with Gasteiger partial charge in [0.05, 0.1) is 6.04 Å². The number of benzene rings is 3. The van der Waals surface area contributed by atoms with Gasteiger partial charge in [-0.05, 0) is 80.7 Å². The number of likely N-dealkylation sites (tertiary alicyclic amines) is 1. The fraction of sp³-hybridized carbons (Fsp3) is 0.500. The van der Waals surface area contributed by atoms with Crippen LogP contribution < -0.4 is 32.7 Å². The number of carbonyl (C=O) groups excluding carboxylic acids is 2. The minimum absolute atomic E-state index is 0. The van der Waals surface area contributed by atoms with Crippen LogP contribution >= 0.6 is 12.4 Å². The van der Waals surface area contributed by atoms with Crippen molar-refractivity contribution in [3.8, 4) is 0 Å². The summed E-state index contributed by atoms with van der Waals surface area (Å²) in [6.45, 7) is 8.50. The summed E-state index contributed by atoms with van der Waals surface area (Å²) in [5.74, 6) is 0.729. The molecule has 1 saturated heterocycles. The van der Waals surface area contributed by atoms with Gasteiger partial charge in [-0.2, -0.15) is 0 Å². The summed E-state index contributed by atoms with van der Waals surface area (Å²) in [7, 11) is 0. The summed E-state index contributed by atoms with van der Waals surface area (Å²) in [4.78, 5) is 29.0. The number of amides is 2. The minimum atomic E-state index is -0.288. The molecule has 0 spiro atoms. The smallest absolute Gasteiger partial charge is 0.287 e. The largest absolute Gasteiger partial charge is 0.451 e. The number of halogens is 1. The molecule has 8 N–H and O–H groups in total. The summed E-state index contributed by atoms with van der Waals surface area (Å²) >= 11 is 0. The molecule has 11 heteroatoms. The van der Waals surface area contributed by atoms with E-state index in [0.29, 0.717) is 56.3 Å². The predicted molar refractivity (Wildman–Crippen MR) is 227 cm³/mol. The van der Waals surface area contributed by atoms with E-state index in [-0.39, 0.29) is 54.4 Å². The first-order chi connectivity index (χ1) is 26.3. The van der Waals surface area contributed by atoms with Crippen molar-refractivity contribution in [2.24, 2.45) is 17.4 Å². The molecular weight excluding hydrogens is 710 g/mol. The zero-order valence-electron chi connectivity index (χ0n) is 32.8. The molecule has 300 valence electrons. The average molecular weight is 774 g/mol. The summed E-state index contributed by atoms with van der Waals surface area (Å²) in [5.41, 5.74) is 15.7. The Bertz CT molecular complexity index is 1650. The van der Waals surface area contributed by atoms with Gasteiger partial charge in [-0.25, -0.2) is 0 Å². The van der Waals surface area contributed by atoms with Crippen LogP contribution in [0.1, 0.15) is 74.1 Å². The Morgan fingerprint density at radius 2 is 1.42 bits per heavy atom. The van der Waals surface area contributed by atoms with Crippen LogP contribution in [0.3, 0.4) is 0 Å². The van der Waals surface area contributed by atoms with Crippen LogP contribution in [0.4, 0.5) is 0 Å². The van der Waals surface area contributed by atoms with E-state index < -0.39 is 0 Å². The highest BCUT2D eigenvalue weighted by atomic mass is 35.5. The van der Waals surface area contributed by atoms with Gasteiger partial charge in [-0.3, -0.25) is 9.59 Å².